The zero-order valence-electron chi connectivity index (χ0n) is 10.4. The third kappa shape index (κ3) is 3.30. The van der Waals surface area contributed by atoms with Crippen molar-refractivity contribution < 1.29 is 4.74 Å². The van der Waals surface area contributed by atoms with Crippen molar-refractivity contribution in [3.05, 3.63) is 35.9 Å². The van der Waals surface area contributed by atoms with Gasteiger partial charge in [-0.15, -0.1) is 0 Å². The van der Waals surface area contributed by atoms with Gasteiger partial charge in [0.2, 0.25) is 0 Å². The maximum absolute atomic E-state index is 5.81. The molecule has 0 amide bonds. The van der Waals surface area contributed by atoms with Gasteiger partial charge in [0, 0.05) is 20.2 Å². The van der Waals surface area contributed by atoms with E-state index in [0.717, 1.165) is 6.54 Å². The summed E-state index contributed by atoms with van der Waals surface area (Å²) in [5, 5.41) is 3.46. The number of benzene rings is 1. The molecule has 3 N–H and O–H groups in total. The smallest absolute Gasteiger partial charge is 0.0734 e. The zero-order chi connectivity index (χ0) is 12.0. The Kier molecular flexibility index (Phi) is 4.93. The number of rotatable bonds is 6. The number of ether oxygens (including phenoxy) is 1. The van der Waals surface area contributed by atoms with Crippen molar-refractivity contribution in [2.24, 2.45) is 5.73 Å². The third-order valence-electron chi connectivity index (χ3n) is 3.21. The number of hydrogen-bond acceptors (Lipinski definition) is 3. The van der Waals surface area contributed by atoms with Crippen LogP contribution in [-0.4, -0.2) is 25.3 Å². The van der Waals surface area contributed by atoms with Gasteiger partial charge in [0.1, 0.15) is 0 Å². The van der Waals surface area contributed by atoms with Gasteiger partial charge >= 0.3 is 0 Å². The van der Waals surface area contributed by atoms with Gasteiger partial charge in [-0.25, -0.2) is 0 Å². The summed E-state index contributed by atoms with van der Waals surface area (Å²) in [4.78, 5) is 0. The largest absolute Gasteiger partial charge is 0.380 e. The van der Waals surface area contributed by atoms with Gasteiger partial charge in [-0.3, -0.25) is 0 Å². The van der Waals surface area contributed by atoms with Gasteiger partial charge in [0.05, 0.1) is 11.6 Å². The van der Waals surface area contributed by atoms with Gasteiger partial charge in [-0.05, 0) is 19.4 Å². The van der Waals surface area contributed by atoms with E-state index in [2.05, 4.69) is 24.4 Å². The van der Waals surface area contributed by atoms with Gasteiger partial charge in [-0.2, -0.15) is 0 Å². The minimum absolute atomic E-state index is 0.0845. The molecule has 16 heavy (non-hydrogen) atoms. The van der Waals surface area contributed by atoms with Crippen LogP contribution >= 0.6 is 0 Å². The van der Waals surface area contributed by atoms with E-state index in [0.29, 0.717) is 6.54 Å². The fourth-order valence-corrected chi connectivity index (χ4v) is 1.54. The lowest BCUT2D eigenvalue weighted by Gasteiger charge is -2.34. The molecule has 0 aliphatic carbocycles. The summed E-state index contributed by atoms with van der Waals surface area (Å²) in [5.41, 5.74) is 6.87. The Labute approximate surface area is 98.0 Å². The highest BCUT2D eigenvalue weighted by molar-refractivity contribution is 5.14. The molecule has 0 saturated carbocycles. The highest BCUT2D eigenvalue weighted by Crippen LogP contribution is 2.12. The maximum atomic E-state index is 5.81. The van der Waals surface area contributed by atoms with Gasteiger partial charge < -0.3 is 15.8 Å². The number of nitrogens with two attached hydrogens (primary N) is 1. The van der Waals surface area contributed by atoms with E-state index in [-0.39, 0.29) is 11.6 Å². The van der Waals surface area contributed by atoms with Crippen LogP contribution in [0.3, 0.4) is 0 Å². The Morgan fingerprint density at radius 1 is 1.38 bits per heavy atom. The van der Waals surface area contributed by atoms with E-state index in [1.807, 2.05) is 25.1 Å². The van der Waals surface area contributed by atoms with Crippen molar-refractivity contribution >= 4 is 0 Å². The molecule has 3 heteroatoms. The van der Waals surface area contributed by atoms with E-state index >= 15 is 0 Å². The lowest BCUT2D eigenvalue weighted by atomic mass is 9.95. The number of hydrogen-bond donors (Lipinski definition) is 2. The SMILES string of the molecule is COC(C)C(C)(CN)NCc1ccccc1. The van der Waals surface area contributed by atoms with Crippen LogP contribution in [0.5, 0.6) is 0 Å². The van der Waals surface area contributed by atoms with E-state index in [1.165, 1.54) is 5.56 Å². The zero-order valence-corrected chi connectivity index (χ0v) is 10.4. The van der Waals surface area contributed by atoms with Crippen LogP contribution < -0.4 is 11.1 Å². The molecule has 0 bridgehead atoms. The second-order valence-electron chi connectivity index (χ2n) is 4.34. The Hall–Kier alpha value is -0.900. The molecule has 3 nitrogen and oxygen atoms in total. The molecule has 0 radical (unpaired) electrons. The molecule has 2 atom stereocenters. The van der Waals surface area contributed by atoms with Crippen LogP contribution in [0, 0.1) is 0 Å². The van der Waals surface area contributed by atoms with Crippen LogP contribution in [0.15, 0.2) is 30.3 Å². The number of methoxy groups -OCH3 is 1. The van der Waals surface area contributed by atoms with E-state index in [4.69, 9.17) is 10.5 Å². The van der Waals surface area contributed by atoms with Crippen LogP contribution in [-0.2, 0) is 11.3 Å². The summed E-state index contributed by atoms with van der Waals surface area (Å²) < 4.78 is 5.35. The van der Waals surface area contributed by atoms with Crippen molar-refractivity contribution in [2.75, 3.05) is 13.7 Å². The van der Waals surface area contributed by atoms with Crippen LogP contribution in [0.25, 0.3) is 0 Å². The first-order valence-corrected chi connectivity index (χ1v) is 5.64. The van der Waals surface area contributed by atoms with Crippen LogP contribution in [0.1, 0.15) is 19.4 Å². The molecule has 1 aromatic carbocycles. The fraction of sp³-hybridized carbons (Fsp3) is 0.538. The lowest BCUT2D eigenvalue weighted by molar-refractivity contribution is 0.0411. The van der Waals surface area contributed by atoms with E-state index in [9.17, 15) is 0 Å². The predicted molar refractivity (Wildman–Crippen MR) is 67.2 cm³/mol. The molecule has 0 aliphatic heterocycles. The van der Waals surface area contributed by atoms with E-state index in [1.54, 1.807) is 7.11 Å². The molecule has 0 spiro atoms. The Morgan fingerprint density at radius 3 is 2.50 bits per heavy atom. The highest BCUT2D eigenvalue weighted by Gasteiger charge is 2.28. The molecule has 0 aliphatic rings. The molecule has 0 fully saturated rings. The molecule has 2 unspecified atom stereocenters. The third-order valence-corrected chi connectivity index (χ3v) is 3.21. The minimum Gasteiger partial charge on any atom is -0.380 e. The van der Waals surface area contributed by atoms with Gasteiger partial charge in [0.25, 0.3) is 0 Å². The maximum Gasteiger partial charge on any atom is 0.0734 e. The summed E-state index contributed by atoms with van der Waals surface area (Å²) in [6.45, 7) is 5.48. The van der Waals surface area contributed by atoms with Gasteiger partial charge in [0.15, 0.2) is 0 Å². The van der Waals surface area contributed by atoms with E-state index < -0.39 is 0 Å². The monoisotopic (exact) mass is 222 g/mol. The predicted octanol–water partition coefficient (Wildman–Crippen LogP) is 1.53. The minimum atomic E-state index is -0.190. The Morgan fingerprint density at radius 2 is 2.00 bits per heavy atom. The molecular weight excluding hydrogens is 200 g/mol. The Balaban J connectivity index is 2.58. The topological polar surface area (TPSA) is 47.3 Å². The summed E-state index contributed by atoms with van der Waals surface area (Å²) in [6, 6.07) is 10.3. The summed E-state index contributed by atoms with van der Waals surface area (Å²) >= 11 is 0. The lowest BCUT2D eigenvalue weighted by Crippen LogP contribution is -2.56. The molecule has 1 aromatic rings. The molecule has 0 saturated heterocycles. The molecule has 0 aromatic heterocycles. The molecule has 90 valence electrons. The van der Waals surface area contributed by atoms with Crippen molar-refractivity contribution in [1.29, 1.82) is 0 Å². The average molecular weight is 222 g/mol. The van der Waals surface area contributed by atoms with Crippen molar-refractivity contribution in [1.82, 2.24) is 5.32 Å². The molecule has 1 rings (SSSR count). The first kappa shape index (κ1) is 13.2. The van der Waals surface area contributed by atoms with Crippen molar-refractivity contribution in [3.8, 4) is 0 Å². The molecular formula is C13H22N2O. The van der Waals surface area contributed by atoms with Crippen LogP contribution in [0.4, 0.5) is 0 Å². The Bertz CT molecular complexity index is 302. The average Bonchev–Trinajstić information content (AvgIpc) is 2.36. The highest BCUT2D eigenvalue weighted by atomic mass is 16.5. The second-order valence-corrected chi connectivity index (χ2v) is 4.34. The fourth-order valence-electron chi connectivity index (χ4n) is 1.54. The number of nitrogens with one attached hydrogen (secondary N) is 1. The second kappa shape index (κ2) is 5.99. The summed E-state index contributed by atoms with van der Waals surface area (Å²) in [5.74, 6) is 0. The van der Waals surface area contributed by atoms with Crippen molar-refractivity contribution in [3.63, 3.8) is 0 Å². The summed E-state index contributed by atoms with van der Waals surface area (Å²) in [7, 11) is 1.71. The first-order chi connectivity index (χ1) is 7.62. The standard InChI is InChI=1S/C13H22N2O/c1-11(16-3)13(2,10-14)15-9-12-7-5-4-6-8-12/h4-8,11,15H,9-10,14H2,1-3H3. The molecule has 0 heterocycles. The first-order valence-electron chi connectivity index (χ1n) is 5.64. The normalized spacial score (nSPS) is 16.8. The quantitative estimate of drug-likeness (QED) is 0.767. The van der Waals surface area contributed by atoms with Crippen LogP contribution in [0.2, 0.25) is 0 Å². The summed E-state index contributed by atoms with van der Waals surface area (Å²) in [6.07, 6.45) is 0.0845. The van der Waals surface area contributed by atoms with Crippen molar-refractivity contribution in [2.45, 2.75) is 32.0 Å². The van der Waals surface area contributed by atoms with Gasteiger partial charge in [-0.1, -0.05) is 30.3 Å².